The molecule has 0 aliphatic rings. The number of hydrogen-bond acceptors (Lipinski definition) is 2. The van der Waals surface area contributed by atoms with Gasteiger partial charge >= 0.3 is 0 Å². The predicted octanol–water partition coefficient (Wildman–Crippen LogP) is 4.81. The van der Waals surface area contributed by atoms with Gasteiger partial charge in [0.2, 0.25) is 0 Å². The SMILES string of the molecule is CNCc1ccc(Cl)cc1Oc1ccc(C)cc1Cl. The zero-order valence-electron chi connectivity index (χ0n) is 10.8. The number of rotatable bonds is 4. The molecule has 19 heavy (non-hydrogen) atoms. The van der Waals surface area contributed by atoms with Gasteiger partial charge in [-0.25, -0.2) is 0 Å². The molecule has 0 saturated heterocycles. The average Bonchev–Trinajstić information content (AvgIpc) is 2.36. The van der Waals surface area contributed by atoms with Crippen LogP contribution in [0.1, 0.15) is 11.1 Å². The van der Waals surface area contributed by atoms with Crippen molar-refractivity contribution >= 4 is 23.2 Å². The van der Waals surface area contributed by atoms with Crippen molar-refractivity contribution in [2.24, 2.45) is 0 Å². The molecule has 1 N–H and O–H groups in total. The molecule has 0 amide bonds. The Morgan fingerprint density at radius 1 is 1.05 bits per heavy atom. The molecule has 0 spiro atoms. The number of halogens is 2. The van der Waals surface area contributed by atoms with Crippen LogP contribution < -0.4 is 10.1 Å². The molecule has 0 aliphatic carbocycles. The quantitative estimate of drug-likeness (QED) is 0.874. The molecule has 0 saturated carbocycles. The molecule has 2 aromatic carbocycles. The van der Waals surface area contributed by atoms with E-state index in [0.29, 0.717) is 28.1 Å². The third-order valence-corrected chi connectivity index (χ3v) is 3.23. The van der Waals surface area contributed by atoms with Crippen molar-refractivity contribution in [3.63, 3.8) is 0 Å². The summed E-state index contributed by atoms with van der Waals surface area (Å²) >= 11 is 12.2. The maximum atomic E-state index is 6.18. The second-order valence-corrected chi connectivity index (χ2v) is 5.16. The smallest absolute Gasteiger partial charge is 0.146 e. The highest BCUT2D eigenvalue weighted by atomic mass is 35.5. The summed E-state index contributed by atoms with van der Waals surface area (Å²) in [5.41, 5.74) is 2.13. The van der Waals surface area contributed by atoms with Crippen molar-refractivity contribution in [3.05, 3.63) is 57.6 Å². The molecule has 2 nitrogen and oxygen atoms in total. The molecular weight excluding hydrogens is 281 g/mol. The third-order valence-electron chi connectivity index (χ3n) is 2.70. The minimum absolute atomic E-state index is 0.593. The van der Waals surface area contributed by atoms with Crippen LogP contribution in [0.4, 0.5) is 0 Å². The van der Waals surface area contributed by atoms with E-state index < -0.39 is 0 Å². The maximum Gasteiger partial charge on any atom is 0.146 e. The molecule has 0 aliphatic heterocycles. The molecule has 0 radical (unpaired) electrons. The molecule has 100 valence electrons. The summed E-state index contributed by atoms with van der Waals surface area (Å²) < 4.78 is 5.87. The van der Waals surface area contributed by atoms with E-state index in [9.17, 15) is 0 Å². The van der Waals surface area contributed by atoms with Gasteiger partial charge in [-0.1, -0.05) is 35.3 Å². The Balaban J connectivity index is 2.33. The zero-order chi connectivity index (χ0) is 13.8. The van der Waals surface area contributed by atoms with Gasteiger partial charge in [-0.15, -0.1) is 0 Å². The summed E-state index contributed by atoms with van der Waals surface area (Å²) in [7, 11) is 1.89. The number of aryl methyl sites for hydroxylation is 1. The molecule has 0 atom stereocenters. The first-order valence-corrected chi connectivity index (χ1v) is 6.73. The fourth-order valence-electron chi connectivity index (χ4n) is 1.77. The summed E-state index contributed by atoms with van der Waals surface area (Å²) in [6.07, 6.45) is 0. The summed E-state index contributed by atoms with van der Waals surface area (Å²) in [6.45, 7) is 2.69. The van der Waals surface area contributed by atoms with Gasteiger partial charge in [0, 0.05) is 17.1 Å². The minimum atomic E-state index is 0.593. The van der Waals surface area contributed by atoms with Gasteiger partial charge in [0.05, 0.1) is 5.02 Å². The van der Waals surface area contributed by atoms with Gasteiger partial charge in [0.1, 0.15) is 11.5 Å². The molecule has 0 heterocycles. The Morgan fingerprint density at radius 2 is 1.84 bits per heavy atom. The number of benzene rings is 2. The van der Waals surface area contributed by atoms with Crippen molar-refractivity contribution in [2.75, 3.05) is 7.05 Å². The van der Waals surface area contributed by atoms with Gasteiger partial charge in [0.15, 0.2) is 0 Å². The molecule has 0 unspecified atom stereocenters. The van der Waals surface area contributed by atoms with E-state index in [4.69, 9.17) is 27.9 Å². The number of nitrogens with one attached hydrogen (secondary N) is 1. The molecular formula is C15H15Cl2NO. The molecule has 2 aromatic rings. The third kappa shape index (κ3) is 3.63. The Hall–Kier alpha value is -1.22. The zero-order valence-corrected chi connectivity index (χ0v) is 12.3. The van der Waals surface area contributed by atoms with E-state index in [1.54, 1.807) is 6.07 Å². The fraction of sp³-hybridized carbons (Fsp3) is 0.200. The number of hydrogen-bond donors (Lipinski definition) is 1. The lowest BCUT2D eigenvalue weighted by molar-refractivity contribution is 0.474. The first kappa shape index (κ1) is 14.2. The predicted molar refractivity (Wildman–Crippen MR) is 80.5 cm³/mol. The van der Waals surface area contributed by atoms with Crippen LogP contribution in [0.3, 0.4) is 0 Å². The largest absolute Gasteiger partial charge is 0.455 e. The highest BCUT2D eigenvalue weighted by Crippen LogP contribution is 2.33. The van der Waals surface area contributed by atoms with Crippen LogP contribution in [-0.4, -0.2) is 7.05 Å². The van der Waals surface area contributed by atoms with E-state index in [1.807, 2.05) is 44.3 Å². The summed E-state index contributed by atoms with van der Waals surface area (Å²) in [5.74, 6) is 1.35. The Kier molecular flexibility index (Phi) is 4.70. The van der Waals surface area contributed by atoms with Crippen LogP contribution in [0, 0.1) is 6.92 Å². The first-order valence-electron chi connectivity index (χ1n) is 5.97. The topological polar surface area (TPSA) is 21.3 Å². The molecule has 2 rings (SSSR count). The lowest BCUT2D eigenvalue weighted by Gasteiger charge is -2.13. The Labute approximate surface area is 123 Å². The maximum absolute atomic E-state index is 6.18. The fourth-order valence-corrected chi connectivity index (χ4v) is 2.20. The minimum Gasteiger partial charge on any atom is -0.455 e. The summed E-state index contributed by atoms with van der Waals surface area (Å²) in [5, 5.41) is 4.33. The van der Waals surface area contributed by atoms with Crippen molar-refractivity contribution < 1.29 is 4.74 Å². The van der Waals surface area contributed by atoms with Crippen LogP contribution >= 0.6 is 23.2 Å². The number of ether oxygens (including phenoxy) is 1. The van der Waals surface area contributed by atoms with Crippen molar-refractivity contribution in [1.82, 2.24) is 5.32 Å². The molecule has 0 bridgehead atoms. The standard InChI is InChI=1S/C15H15Cl2NO/c1-10-3-6-14(13(17)7-10)19-15-8-12(16)5-4-11(15)9-18-2/h3-8,18H,9H2,1-2H3. The van der Waals surface area contributed by atoms with Crippen LogP contribution in [-0.2, 0) is 6.54 Å². The Bertz CT molecular complexity index is 584. The van der Waals surface area contributed by atoms with Crippen molar-refractivity contribution in [3.8, 4) is 11.5 Å². The van der Waals surface area contributed by atoms with E-state index in [1.165, 1.54) is 0 Å². The van der Waals surface area contributed by atoms with Crippen LogP contribution in [0.25, 0.3) is 0 Å². The van der Waals surface area contributed by atoms with E-state index >= 15 is 0 Å². The van der Waals surface area contributed by atoms with E-state index in [0.717, 1.165) is 11.1 Å². The van der Waals surface area contributed by atoms with Crippen LogP contribution in [0.5, 0.6) is 11.5 Å². The Morgan fingerprint density at radius 3 is 2.53 bits per heavy atom. The van der Waals surface area contributed by atoms with Gasteiger partial charge in [0.25, 0.3) is 0 Å². The van der Waals surface area contributed by atoms with Gasteiger partial charge in [-0.2, -0.15) is 0 Å². The molecule has 0 fully saturated rings. The van der Waals surface area contributed by atoms with Gasteiger partial charge in [-0.3, -0.25) is 0 Å². The van der Waals surface area contributed by atoms with Crippen LogP contribution in [0.15, 0.2) is 36.4 Å². The van der Waals surface area contributed by atoms with Gasteiger partial charge < -0.3 is 10.1 Å². The second-order valence-electron chi connectivity index (χ2n) is 4.32. The van der Waals surface area contributed by atoms with Gasteiger partial charge in [-0.05, 0) is 43.8 Å². The molecule has 4 heteroatoms. The molecule has 0 aromatic heterocycles. The normalized spacial score (nSPS) is 10.5. The average molecular weight is 296 g/mol. The van der Waals surface area contributed by atoms with E-state index in [2.05, 4.69) is 5.32 Å². The summed E-state index contributed by atoms with van der Waals surface area (Å²) in [6, 6.07) is 11.3. The lowest BCUT2D eigenvalue weighted by atomic mass is 10.2. The second kappa shape index (κ2) is 6.29. The van der Waals surface area contributed by atoms with E-state index in [-0.39, 0.29) is 0 Å². The monoisotopic (exact) mass is 295 g/mol. The first-order chi connectivity index (χ1) is 9.10. The highest BCUT2D eigenvalue weighted by Gasteiger charge is 2.08. The van der Waals surface area contributed by atoms with Crippen LogP contribution in [0.2, 0.25) is 10.0 Å². The lowest BCUT2D eigenvalue weighted by Crippen LogP contribution is -2.06. The highest BCUT2D eigenvalue weighted by molar-refractivity contribution is 6.32. The van der Waals surface area contributed by atoms with Crippen molar-refractivity contribution in [1.29, 1.82) is 0 Å². The van der Waals surface area contributed by atoms with Crippen molar-refractivity contribution in [2.45, 2.75) is 13.5 Å². The summed E-state index contributed by atoms with van der Waals surface area (Å²) in [4.78, 5) is 0.